The van der Waals surface area contributed by atoms with E-state index in [2.05, 4.69) is 54.6 Å². The Bertz CT molecular complexity index is 1040. The zero-order valence-corrected chi connectivity index (χ0v) is 14.6. The molecular formula is C23H17ClO. The molecule has 0 aliphatic carbocycles. The Morgan fingerprint density at radius 1 is 0.680 bits per heavy atom. The number of halogens is 1. The standard InChI is InChI=1S/C23H17ClO/c1-25-19-12-10-16(11-13-19)22-15-18(21-8-4-5-9-23(21)24)14-17-6-2-3-7-20(17)22/h2-15H,1H3. The number of fused-ring (bicyclic) bond motifs is 1. The molecular weight excluding hydrogens is 328 g/mol. The third-order valence-electron chi connectivity index (χ3n) is 4.45. The van der Waals surface area contributed by atoms with Gasteiger partial charge in [-0.3, -0.25) is 0 Å². The second kappa shape index (κ2) is 6.62. The normalized spacial score (nSPS) is 10.8. The third kappa shape index (κ3) is 2.99. The Balaban J connectivity index is 1.97. The number of hydrogen-bond donors (Lipinski definition) is 0. The van der Waals surface area contributed by atoms with Crippen LogP contribution in [0.5, 0.6) is 5.75 Å². The van der Waals surface area contributed by atoms with Crippen molar-refractivity contribution < 1.29 is 4.74 Å². The van der Waals surface area contributed by atoms with Gasteiger partial charge in [0.1, 0.15) is 5.75 Å². The van der Waals surface area contributed by atoms with Crippen molar-refractivity contribution in [2.75, 3.05) is 7.11 Å². The van der Waals surface area contributed by atoms with Crippen LogP contribution in [0.2, 0.25) is 5.02 Å². The maximum Gasteiger partial charge on any atom is 0.118 e. The minimum atomic E-state index is 0.762. The third-order valence-corrected chi connectivity index (χ3v) is 4.78. The summed E-state index contributed by atoms with van der Waals surface area (Å²) in [5.41, 5.74) is 4.52. The highest BCUT2D eigenvalue weighted by Crippen LogP contribution is 2.36. The van der Waals surface area contributed by atoms with E-state index in [1.165, 1.54) is 16.3 Å². The first-order chi connectivity index (χ1) is 12.3. The lowest BCUT2D eigenvalue weighted by Gasteiger charge is -2.12. The monoisotopic (exact) mass is 344 g/mol. The molecule has 1 nitrogen and oxygen atoms in total. The van der Waals surface area contributed by atoms with Gasteiger partial charge in [-0.1, -0.05) is 66.2 Å². The van der Waals surface area contributed by atoms with E-state index in [0.717, 1.165) is 27.5 Å². The second-order valence-corrected chi connectivity index (χ2v) is 6.36. The summed E-state index contributed by atoms with van der Waals surface area (Å²) in [5, 5.41) is 3.19. The second-order valence-electron chi connectivity index (χ2n) is 5.95. The molecule has 4 aromatic rings. The number of rotatable bonds is 3. The van der Waals surface area contributed by atoms with Crippen molar-refractivity contribution in [1.82, 2.24) is 0 Å². The van der Waals surface area contributed by atoms with Crippen LogP contribution in [0.3, 0.4) is 0 Å². The van der Waals surface area contributed by atoms with Gasteiger partial charge < -0.3 is 4.74 Å². The van der Waals surface area contributed by atoms with E-state index >= 15 is 0 Å². The van der Waals surface area contributed by atoms with Crippen LogP contribution in [0.4, 0.5) is 0 Å². The van der Waals surface area contributed by atoms with Crippen LogP contribution >= 0.6 is 11.6 Å². The Morgan fingerprint density at radius 2 is 1.40 bits per heavy atom. The quantitative estimate of drug-likeness (QED) is 0.395. The van der Waals surface area contributed by atoms with Crippen LogP contribution in [0.25, 0.3) is 33.0 Å². The predicted molar refractivity (Wildman–Crippen MR) is 106 cm³/mol. The number of benzene rings is 4. The van der Waals surface area contributed by atoms with Crippen molar-refractivity contribution in [1.29, 1.82) is 0 Å². The summed E-state index contributed by atoms with van der Waals surface area (Å²) in [6.07, 6.45) is 0. The Labute approximate surface area is 152 Å². The first kappa shape index (κ1) is 15.7. The Hall–Kier alpha value is -2.77. The van der Waals surface area contributed by atoms with E-state index < -0.39 is 0 Å². The van der Waals surface area contributed by atoms with E-state index in [1.54, 1.807) is 7.11 Å². The molecule has 0 spiro atoms. The topological polar surface area (TPSA) is 9.23 Å². The summed E-state index contributed by atoms with van der Waals surface area (Å²) in [6, 6.07) is 29.0. The summed E-state index contributed by atoms with van der Waals surface area (Å²) in [4.78, 5) is 0. The van der Waals surface area contributed by atoms with E-state index in [4.69, 9.17) is 16.3 Å². The van der Waals surface area contributed by atoms with Gasteiger partial charge >= 0.3 is 0 Å². The largest absolute Gasteiger partial charge is 0.497 e. The van der Waals surface area contributed by atoms with Crippen molar-refractivity contribution in [2.24, 2.45) is 0 Å². The van der Waals surface area contributed by atoms with Gasteiger partial charge in [-0.25, -0.2) is 0 Å². The lowest BCUT2D eigenvalue weighted by atomic mass is 9.93. The van der Waals surface area contributed by atoms with E-state index in [0.29, 0.717) is 0 Å². The molecule has 122 valence electrons. The summed E-state index contributed by atoms with van der Waals surface area (Å²) < 4.78 is 5.28. The van der Waals surface area contributed by atoms with Gasteiger partial charge in [-0.15, -0.1) is 0 Å². The molecule has 0 fully saturated rings. The van der Waals surface area contributed by atoms with Crippen LogP contribution in [0.1, 0.15) is 0 Å². The lowest BCUT2D eigenvalue weighted by molar-refractivity contribution is 0.415. The first-order valence-electron chi connectivity index (χ1n) is 8.18. The molecule has 0 heterocycles. The molecule has 0 atom stereocenters. The van der Waals surface area contributed by atoms with E-state index in [-0.39, 0.29) is 0 Å². The first-order valence-corrected chi connectivity index (χ1v) is 8.56. The van der Waals surface area contributed by atoms with Crippen LogP contribution < -0.4 is 4.74 Å². The van der Waals surface area contributed by atoms with Crippen LogP contribution in [-0.2, 0) is 0 Å². The molecule has 2 heteroatoms. The maximum absolute atomic E-state index is 6.43. The predicted octanol–water partition coefficient (Wildman–Crippen LogP) is 6.84. The molecule has 0 aliphatic heterocycles. The molecule has 0 unspecified atom stereocenters. The van der Waals surface area contributed by atoms with E-state index in [9.17, 15) is 0 Å². The molecule has 0 aromatic heterocycles. The number of ether oxygens (including phenoxy) is 1. The molecule has 0 aliphatic rings. The lowest BCUT2D eigenvalue weighted by Crippen LogP contribution is -1.87. The molecule has 0 amide bonds. The van der Waals surface area contributed by atoms with Crippen molar-refractivity contribution in [3.05, 3.63) is 90.0 Å². The summed E-state index contributed by atoms with van der Waals surface area (Å²) >= 11 is 6.43. The zero-order chi connectivity index (χ0) is 17.2. The van der Waals surface area contributed by atoms with Gasteiger partial charge in [0.05, 0.1) is 7.11 Å². The van der Waals surface area contributed by atoms with Gasteiger partial charge in [0, 0.05) is 10.6 Å². The van der Waals surface area contributed by atoms with Crippen molar-refractivity contribution in [3.63, 3.8) is 0 Å². The highest BCUT2D eigenvalue weighted by Gasteiger charge is 2.10. The fourth-order valence-electron chi connectivity index (χ4n) is 3.17. The molecule has 4 aromatic carbocycles. The van der Waals surface area contributed by atoms with Crippen LogP contribution in [0.15, 0.2) is 84.9 Å². The SMILES string of the molecule is COc1ccc(-c2cc(-c3ccccc3Cl)cc3ccccc23)cc1. The van der Waals surface area contributed by atoms with Gasteiger partial charge in [0.25, 0.3) is 0 Å². The van der Waals surface area contributed by atoms with Gasteiger partial charge in [-0.2, -0.15) is 0 Å². The summed E-state index contributed by atoms with van der Waals surface area (Å²) in [6.45, 7) is 0. The van der Waals surface area contributed by atoms with Crippen LogP contribution in [0, 0.1) is 0 Å². The van der Waals surface area contributed by atoms with Crippen LogP contribution in [-0.4, -0.2) is 7.11 Å². The molecule has 4 rings (SSSR count). The van der Waals surface area contributed by atoms with Gasteiger partial charge in [0.2, 0.25) is 0 Å². The van der Waals surface area contributed by atoms with Crippen molar-refractivity contribution in [2.45, 2.75) is 0 Å². The molecule has 0 bridgehead atoms. The Kier molecular flexibility index (Phi) is 4.17. The number of hydrogen-bond acceptors (Lipinski definition) is 1. The van der Waals surface area contributed by atoms with Gasteiger partial charge in [-0.05, 0) is 57.8 Å². The smallest absolute Gasteiger partial charge is 0.118 e. The highest BCUT2D eigenvalue weighted by molar-refractivity contribution is 6.33. The summed E-state index contributed by atoms with van der Waals surface area (Å²) in [5.74, 6) is 0.857. The minimum absolute atomic E-state index is 0.762. The molecule has 0 N–H and O–H groups in total. The fraction of sp³-hybridized carbons (Fsp3) is 0.0435. The number of methoxy groups -OCH3 is 1. The van der Waals surface area contributed by atoms with E-state index in [1.807, 2.05) is 30.3 Å². The minimum Gasteiger partial charge on any atom is -0.497 e. The average molecular weight is 345 g/mol. The molecule has 25 heavy (non-hydrogen) atoms. The zero-order valence-electron chi connectivity index (χ0n) is 13.9. The highest BCUT2D eigenvalue weighted by atomic mass is 35.5. The fourth-order valence-corrected chi connectivity index (χ4v) is 3.42. The molecule has 0 saturated carbocycles. The summed E-state index contributed by atoms with van der Waals surface area (Å²) in [7, 11) is 1.68. The molecule has 0 radical (unpaired) electrons. The Morgan fingerprint density at radius 3 is 2.16 bits per heavy atom. The van der Waals surface area contributed by atoms with Gasteiger partial charge in [0.15, 0.2) is 0 Å². The van der Waals surface area contributed by atoms with Crippen molar-refractivity contribution in [3.8, 4) is 28.0 Å². The molecule has 0 saturated heterocycles. The average Bonchev–Trinajstić information content (AvgIpc) is 2.67. The maximum atomic E-state index is 6.43. The van der Waals surface area contributed by atoms with Crippen molar-refractivity contribution >= 4 is 22.4 Å².